The van der Waals surface area contributed by atoms with Crippen LogP contribution in [0, 0.1) is 11.3 Å². The molecule has 0 radical (unpaired) electrons. The Morgan fingerprint density at radius 2 is 2.00 bits per heavy atom. The highest BCUT2D eigenvalue weighted by molar-refractivity contribution is 5.43. The van der Waals surface area contributed by atoms with Crippen LogP contribution in [-0.4, -0.2) is 12.1 Å². The van der Waals surface area contributed by atoms with Crippen molar-refractivity contribution >= 4 is 0 Å². The van der Waals surface area contributed by atoms with Crippen LogP contribution in [0.1, 0.15) is 23.4 Å². The minimum Gasteiger partial charge on any atom is -0.494 e. The van der Waals surface area contributed by atoms with E-state index >= 15 is 0 Å². The predicted octanol–water partition coefficient (Wildman–Crippen LogP) is 2.92. The molecule has 0 unspecified atom stereocenters. The normalized spacial score (nSPS) is 11.4. The van der Waals surface area contributed by atoms with E-state index < -0.39 is 35.3 Å². The number of nitriles is 1. The highest BCUT2D eigenvalue weighted by Gasteiger charge is 2.39. The van der Waals surface area contributed by atoms with Gasteiger partial charge in [0.15, 0.2) is 17.1 Å². The van der Waals surface area contributed by atoms with E-state index in [2.05, 4.69) is 9.72 Å². The zero-order valence-corrected chi connectivity index (χ0v) is 8.35. The summed E-state index contributed by atoms with van der Waals surface area (Å²) in [4.78, 5) is 2.86. The number of pyridine rings is 1. The van der Waals surface area contributed by atoms with E-state index in [1.165, 1.54) is 6.07 Å². The van der Waals surface area contributed by atoms with Crippen molar-refractivity contribution in [2.45, 2.75) is 12.6 Å². The number of hydrogen-bond donors (Lipinski definition) is 0. The van der Waals surface area contributed by atoms with Crippen molar-refractivity contribution in [3.8, 4) is 11.8 Å². The number of alkyl halides is 5. The molecular weight excluding hydrogens is 247 g/mol. The van der Waals surface area contributed by atoms with E-state index in [0.717, 1.165) is 7.11 Å². The minimum absolute atomic E-state index is 0.421. The van der Waals surface area contributed by atoms with Crippen molar-refractivity contribution < 1.29 is 26.7 Å². The molecule has 1 aromatic heterocycles. The van der Waals surface area contributed by atoms with Crippen LogP contribution in [0.25, 0.3) is 0 Å². The van der Waals surface area contributed by atoms with Crippen molar-refractivity contribution in [3.63, 3.8) is 0 Å². The van der Waals surface area contributed by atoms with Crippen LogP contribution in [0.5, 0.6) is 5.75 Å². The number of methoxy groups -OCH3 is 1. The summed E-state index contributed by atoms with van der Waals surface area (Å²) in [7, 11) is 1.04. The van der Waals surface area contributed by atoms with Crippen LogP contribution in [-0.2, 0) is 6.18 Å². The summed E-state index contributed by atoms with van der Waals surface area (Å²) in [6.45, 7) is 0. The number of nitrogens with zero attached hydrogens (tertiary/aromatic N) is 2. The van der Waals surface area contributed by atoms with Gasteiger partial charge in [0.25, 0.3) is 6.43 Å². The summed E-state index contributed by atoms with van der Waals surface area (Å²) in [5.74, 6) is -0.421. The van der Waals surface area contributed by atoms with Gasteiger partial charge >= 0.3 is 6.18 Å². The predicted molar refractivity (Wildman–Crippen MR) is 45.5 cm³/mol. The van der Waals surface area contributed by atoms with Crippen LogP contribution in [0.3, 0.4) is 0 Å². The first kappa shape index (κ1) is 13.2. The van der Waals surface area contributed by atoms with Gasteiger partial charge in [-0.25, -0.2) is 13.8 Å². The fourth-order valence-electron chi connectivity index (χ4n) is 1.14. The molecular formula is C9H5F5N2O. The molecule has 0 aromatic carbocycles. The zero-order valence-electron chi connectivity index (χ0n) is 8.35. The van der Waals surface area contributed by atoms with Crippen molar-refractivity contribution in [1.82, 2.24) is 4.98 Å². The summed E-state index contributed by atoms with van der Waals surface area (Å²) in [6.07, 6.45) is -8.41. The second-order valence-corrected chi connectivity index (χ2v) is 2.89. The number of ether oxygens (including phenoxy) is 1. The molecule has 0 amide bonds. The number of hydrogen-bond acceptors (Lipinski definition) is 3. The average molecular weight is 252 g/mol. The first-order valence-corrected chi connectivity index (χ1v) is 4.15. The molecule has 1 rings (SSSR count). The summed E-state index contributed by atoms with van der Waals surface area (Å²) >= 11 is 0. The first-order chi connectivity index (χ1) is 7.81. The van der Waals surface area contributed by atoms with Crippen LogP contribution in [0.15, 0.2) is 6.07 Å². The van der Waals surface area contributed by atoms with Gasteiger partial charge < -0.3 is 4.74 Å². The highest BCUT2D eigenvalue weighted by Crippen LogP contribution is 2.37. The third-order valence-electron chi connectivity index (χ3n) is 1.85. The maximum atomic E-state index is 12.4. The Morgan fingerprint density at radius 3 is 2.35 bits per heavy atom. The van der Waals surface area contributed by atoms with E-state index in [-0.39, 0.29) is 0 Å². The van der Waals surface area contributed by atoms with Crippen molar-refractivity contribution in [3.05, 3.63) is 23.0 Å². The monoisotopic (exact) mass is 252 g/mol. The van der Waals surface area contributed by atoms with Crippen LogP contribution >= 0.6 is 0 Å². The van der Waals surface area contributed by atoms with Gasteiger partial charge in [0.2, 0.25) is 0 Å². The number of aromatic nitrogens is 1. The maximum Gasteiger partial charge on any atom is 0.433 e. The molecule has 0 spiro atoms. The Balaban J connectivity index is 3.53. The Hall–Kier alpha value is -1.91. The number of rotatable bonds is 2. The molecule has 0 aliphatic heterocycles. The van der Waals surface area contributed by atoms with Gasteiger partial charge in [-0.15, -0.1) is 0 Å². The van der Waals surface area contributed by atoms with E-state index in [9.17, 15) is 22.0 Å². The second kappa shape index (κ2) is 4.53. The van der Waals surface area contributed by atoms with Gasteiger partial charge in [-0.1, -0.05) is 0 Å². The fraction of sp³-hybridized carbons (Fsp3) is 0.333. The van der Waals surface area contributed by atoms with Crippen LogP contribution < -0.4 is 4.74 Å². The van der Waals surface area contributed by atoms with Crippen molar-refractivity contribution in [1.29, 1.82) is 5.26 Å². The second-order valence-electron chi connectivity index (χ2n) is 2.89. The van der Waals surface area contributed by atoms with Crippen LogP contribution in [0.2, 0.25) is 0 Å². The number of halogens is 5. The van der Waals surface area contributed by atoms with E-state index in [0.29, 0.717) is 6.07 Å². The molecule has 0 fully saturated rings. The average Bonchev–Trinajstić information content (AvgIpc) is 2.25. The zero-order chi connectivity index (χ0) is 13.2. The van der Waals surface area contributed by atoms with Crippen molar-refractivity contribution in [2.24, 2.45) is 0 Å². The molecule has 0 aliphatic rings. The molecule has 8 heteroatoms. The molecule has 3 nitrogen and oxygen atoms in total. The Labute approximate surface area is 92.4 Å². The van der Waals surface area contributed by atoms with Gasteiger partial charge in [0.05, 0.1) is 12.7 Å². The Kier molecular flexibility index (Phi) is 3.50. The van der Waals surface area contributed by atoms with Gasteiger partial charge in [-0.05, 0) is 6.07 Å². The third-order valence-corrected chi connectivity index (χ3v) is 1.85. The Bertz CT molecular complexity index is 464. The molecule has 17 heavy (non-hydrogen) atoms. The van der Waals surface area contributed by atoms with E-state index in [1.807, 2.05) is 0 Å². The SMILES string of the molecule is COc1cc(C(F)F)c(C(F)(F)F)nc1C#N. The lowest BCUT2D eigenvalue weighted by atomic mass is 10.1. The molecule has 92 valence electrons. The lowest BCUT2D eigenvalue weighted by Crippen LogP contribution is -2.14. The quantitative estimate of drug-likeness (QED) is 0.760. The molecule has 1 aromatic rings. The minimum atomic E-state index is -5.05. The third kappa shape index (κ3) is 2.61. The summed E-state index contributed by atoms with van der Waals surface area (Å²) in [5, 5.41) is 8.52. The summed E-state index contributed by atoms with van der Waals surface area (Å²) < 4.78 is 66.6. The maximum absolute atomic E-state index is 12.4. The fourth-order valence-corrected chi connectivity index (χ4v) is 1.14. The highest BCUT2D eigenvalue weighted by atomic mass is 19.4. The van der Waals surface area contributed by atoms with Gasteiger partial charge in [-0.3, -0.25) is 0 Å². The summed E-state index contributed by atoms with van der Waals surface area (Å²) in [5.41, 5.74) is -3.78. The smallest absolute Gasteiger partial charge is 0.433 e. The van der Waals surface area contributed by atoms with Crippen molar-refractivity contribution in [2.75, 3.05) is 7.11 Å². The van der Waals surface area contributed by atoms with Gasteiger partial charge in [0, 0.05) is 0 Å². The molecule has 0 saturated heterocycles. The van der Waals surface area contributed by atoms with Gasteiger partial charge in [-0.2, -0.15) is 18.4 Å². The standard InChI is InChI=1S/C9H5F5N2O/c1-17-6-2-4(8(10)11)7(9(12,13)14)16-5(6)3-15/h2,8H,1H3. The molecule has 0 N–H and O–H groups in total. The largest absolute Gasteiger partial charge is 0.494 e. The topological polar surface area (TPSA) is 45.9 Å². The molecule has 1 heterocycles. The molecule has 0 saturated carbocycles. The summed E-state index contributed by atoms with van der Waals surface area (Å²) in [6, 6.07) is 1.82. The first-order valence-electron chi connectivity index (χ1n) is 4.15. The Morgan fingerprint density at radius 1 is 1.41 bits per heavy atom. The molecule has 0 bridgehead atoms. The lowest BCUT2D eigenvalue weighted by molar-refractivity contribution is -0.143. The lowest BCUT2D eigenvalue weighted by Gasteiger charge is -2.13. The van der Waals surface area contributed by atoms with E-state index in [4.69, 9.17) is 5.26 Å². The molecule has 0 atom stereocenters. The molecule has 0 aliphatic carbocycles. The van der Waals surface area contributed by atoms with Gasteiger partial charge in [0.1, 0.15) is 6.07 Å². The van der Waals surface area contributed by atoms with E-state index in [1.54, 1.807) is 0 Å². The van der Waals surface area contributed by atoms with Crippen LogP contribution in [0.4, 0.5) is 22.0 Å².